The fourth-order valence-corrected chi connectivity index (χ4v) is 3.35. The number of pyridine rings is 2. The van der Waals surface area contributed by atoms with Crippen molar-refractivity contribution in [2.24, 2.45) is 5.41 Å². The number of amides is 1. The fraction of sp³-hybridized carbons (Fsp3) is 0.286. The van der Waals surface area contributed by atoms with E-state index in [9.17, 15) is 9.90 Å². The highest BCUT2D eigenvalue weighted by Crippen LogP contribution is 2.32. The lowest BCUT2D eigenvalue weighted by Crippen LogP contribution is -2.44. The van der Waals surface area contributed by atoms with Crippen LogP contribution >= 0.6 is 11.6 Å². The van der Waals surface area contributed by atoms with Crippen molar-refractivity contribution in [2.75, 3.05) is 37.1 Å². The van der Waals surface area contributed by atoms with Crippen molar-refractivity contribution in [1.82, 2.24) is 9.97 Å². The Kier molecular flexibility index (Phi) is 5.36. The molecule has 0 radical (unpaired) electrons. The van der Waals surface area contributed by atoms with Gasteiger partial charge in [0.25, 0.3) is 0 Å². The Hall–Kier alpha value is -3.10. The van der Waals surface area contributed by atoms with Crippen LogP contribution in [0.4, 0.5) is 22.0 Å². The van der Waals surface area contributed by atoms with Crippen LogP contribution in [0.3, 0.4) is 0 Å². The number of anilines is 3. The lowest BCUT2D eigenvalue weighted by Gasteiger charge is -2.37. The first-order valence-corrected chi connectivity index (χ1v) is 9.71. The Morgan fingerprint density at radius 3 is 2.83 bits per heavy atom. The molecule has 1 aliphatic rings. The Morgan fingerprint density at radius 1 is 1.33 bits per heavy atom. The lowest BCUT2D eigenvalue weighted by atomic mass is 9.90. The third-order valence-electron chi connectivity index (χ3n) is 4.96. The van der Waals surface area contributed by atoms with Crippen LogP contribution in [0, 0.1) is 5.41 Å². The molecule has 1 fully saturated rings. The smallest absolute Gasteiger partial charge is 0.411 e. The Balaban J connectivity index is 1.57. The summed E-state index contributed by atoms with van der Waals surface area (Å²) in [6.07, 6.45) is 2.10. The molecule has 3 aromatic rings. The molecule has 0 aliphatic carbocycles. The molecule has 0 atom stereocenters. The third kappa shape index (κ3) is 4.10. The van der Waals surface area contributed by atoms with E-state index in [4.69, 9.17) is 21.1 Å². The maximum absolute atomic E-state index is 11.3. The van der Waals surface area contributed by atoms with Crippen molar-refractivity contribution in [1.29, 1.82) is 0 Å². The average molecular weight is 429 g/mol. The van der Waals surface area contributed by atoms with Gasteiger partial charge < -0.3 is 19.9 Å². The van der Waals surface area contributed by atoms with Gasteiger partial charge in [0.2, 0.25) is 0 Å². The molecule has 0 bridgehead atoms. The number of hydrogen-bond donors (Lipinski definition) is 2. The van der Waals surface area contributed by atoms with Crippen molar-refractivity contribution < 1.29 is 19.4 Å². The number of fused-ring (bicyclic) bond motifs is 1. The number of rotatable bonds is 6. The van der Waals surface area contributed by atoms with Crippen molar-refractivity contribution in [3.05, 3.63) is 47.9 Å². The summed E-state index contributed by atoms with van der Waals surface area (Å²) in [7, 11) is 1.41. The molecule has 0 spiro atoms. The SMILES string of the molecule is CN(C(=O)O)c1cc(Nc2nccc3cc(OCC4(C)COC4)ccc23)cnc1Cl. The standard InChI is InChI=1S/C21H21ClN4O4/c1-21(10-29-11-21)12-30-15-3-4-16-13(7-15)5-6-23-19(16)25-14-8-17(18(22)24-9-14)26(2)20(27)28/h3-9H,10-12H2,1-2H3,(H,23,25)(H,27,28). The number of benzene rings is 1. The molecule has 0 unspecified atom stereocenters. The van der Waals surface area contributed by atoms with Gasteiger partial charge in [-0.3, -0.25) is 4.90 Å². The largest absolute Gasteiger partial charge is 0.493 e. The summed E-state index contributed by atoms with van der Waals surface area (Å²) in [5.41, 5.74) is 0.918. The highest BCUT2D eigenvalue weighted by atomic mass is 35.5. The molecule has 2 aromatic heterocycles. The Morgan fingerprint density at radius 2 is 2.13 bits per heavy atom. The Labute approximate surface area is 178 Å². The van der Waals surface area contributed by atoms with Gasteiger partial charge in [-0.05, 0) is 35.7 Å². The molecule has 4 rings (SSSR count). The quantitative estimate of drug-likeness (QED) is 0.555. The summed E-state index contributed by atoms with van der Waals surface area (Å²) < 4.78 is 11.2. The van der Waals surface area contributed by atoms with Crippen LogP contribution in [0.15, 0.2) is 42.7 Å². The molecule has 1 saturated heterocycles. The van der Waals surface area contributed by atoms with Crippen molar-refractivity contribution in [3.8, 4) is 5.75 Å². The van der Waals surface area contributed by atoms with E-state index in [1.807, 2.05) is 24.3 Å². The third-order valence-corrected chi connectivity index (χ3v) is 5.25. The van der Waals surface area contributed by atoms with Gasteiger partial charge in [-0.1, -0.05) is 18.5 Å². The summed E-state index contributed by atoms with van der Waals surface area (Å²) in [5, 5.41) is 14.4. The first-order valence-electron chi connectivity index (χ1n) is 9.33. The summed E-state index contributed by atoms with van der Waals surface area (Å²) in [5.74, 6) is 1.40. The van der Waals surface area contributed by atoms with Crippen LogP contribution in [0.5, 0.6) is 5.75 Å². The van der Waals surface area contributed by atoms with Gasteiger partial charge in [0.05, 0.1) is 37.4 Å². The number of halogens is 1. The summed E-state index contributed by atoms with van der Waals surface area (Å²) in [4.78, 5) is 20.7. The van der Waals surface area contributed by atoms with Crippen LogP contribution in [0.25, 0.3) is 10.8 Å². The van der Waals surface area contributed by atoms with Gasteiger partial charge in [-0.25, -0.2) is 14.8 Å². The number of carboxylic acid groups (broad SMARTS) is 1. The molecule has 1 aromatic carbocycles. The summed E-state index contributed by atoms with van der Waals surface area (Å²) >= 11 is 6.05. The normalized spacial score (nSPS) is 14.8. The van der Waals surface area contributed by atoms with Gasteiger partial charge >= 0.3 is 6.09 Å². The number of carbonyl (C=O) groups is 1. The maximum Gasteiger partial charge on any atom is 0.411 e. The summed E-state index contributed by atoms with van der Waals surface area (Å²) in [6.45, 7) is 4.17. The van der Waals surface area contributed by atoms with Crippen molar-refractivity contribution in [3.63, 3.8) is 0 Å². The van der Waals surface area contributed by atoms with Gasteiger partial charge in [-0.2, -0.15) is 0 Å². The van der Waals surface area contributed by atoms with E-state index in [1.165, 1.54) is 13.2 Å². The van der Waals surface area contributed by atoms with E-state index in [1.54, 1.807) is 12.3 Å². The number of hydrogen-bond acceptors (Lipinski definition) is 6. The molecular weight excluding hydrogens is 408 g/mol. The van der Waals surface area contributed by atoms with Crippen LogP contribution in [0.2, 0.25) is 5.15 Å². The van der Waals surface area contributed by atoms with E-state index in [2.05, 4.69) is 22.2 Å². The van der Waals surface area contributed by atoms with E-state index in [0.29, 0.717) is 31.3 Å². The zero-order chi connectivity index (χ0) is 21.3. The number of ether oxygens (including phenoxy) is 2. The molecule has 3 heterocycles. The van der Waals surface area contributed by atoms with Gasteiger partial charge in [0.15, 0.2) is 5.15 Å². The van der Waals surface area contributed by atoms with E-state index < -0.39 is 6.09 Å². The van der Waals surface area contributed by atoms with Gasteiger partial charge in [0, 0.05) is 24.0 Å². The molecule has 8 nitrogen and oxygen atoms in total. The van der Waals surface area contributed by atoms with Crippen molar-refractivity contribution in [2.45, 2.75) is 6.92 Å². The predicted molar refractivity (Wildman–Crippen MR) is 115 cm³/mol. The molecule has 156 valence electrons. The minimum Gasteiger partial charge on any atom is -0.493 e. The summed E-state index contributed by atoms with van der Waals surface area (Å²) in [6, 6.07) is 9.33. The second kappa shape index (κ2) is 7.97. The molecule has 0 saturated carbocycles. The number of aromatic nitrogens is 2. The van der Waals surface area contributed by atoms with Gasteiger partial charge in [-0.15, -0.1) is 0 Å². The van der Waals surface area contributed by atoms with Crippen LogP contribution < -0.4 is 15.0 Å². The maximum atomic E-state index is 11.3. The van der Waals surface area contributed by atoms with Crippen molar-refractivity contribution >= 4 is 45.7 Å². The molecule has 2 N–H and O–H groups in total. The highest BCUT2D eigenvalue weighted by Gasteiger charge is 2.34. The minimum atomic E-state index is -1.13. The molecular formula is C21H21ClN4O4. The lowest BCUT2D eigenvalue weighted by molar-refractivity contribution is -0.120. The van der Waals surface area contributed by atoms with Gasteiger partial charge in [0.1, 0.15) is 11.6 Å². The molecule has 1 amide bonds. The van der Waals surface area contributed by atoms with Crippen LogP contribution in [0.1, 0.15) is 6.92 Å². The average Bonchev–Trinajstić information content (AvgIpc) is 2.71. The zero-order valence-electron chi connectivity index (χ0n) is 16.6. The first kappa shape index (κ1) is 20.2. The monoisotopic (exact) mass is 428 g/mol. The van der Waals surface area contributed by atoms with E-state index in [0.717, 1.165) is 21.4 Å². The fourth-order valence-electron chi connectivity index (χ4n) is 3.12. The molecule has 9 heteroatoms. The predicted octanol–water partition coefficient (Wildman–Crippen LogP) is 4.56. The molecule has 1 aliphatic heterocycles. The second-order valence-electron chi connectivity index (χ2n) is 7.64. The second-order valence-corrected chi connectivity index (χ2v) is 7.99. The molecule has 30 heavy (non-hydrogen) atoms. The van der Waals surface area contributed by atoms with Crippen LogP contribution in [-0.2, 0) is 4.74 Å². The number of nitrogens with zero attached hydrogens (tertiary/aromatic N) is 3. The van der Waals surface area contributed by atoms with E-state index in [-0.39, 0.29) is 16.3 Å². The highest BCUT2D eigenvalue weighted by molar-refractivity contribution is 6.32. The zero-order valence-corrected chi connectivity index (χ0v) is 17.3. The first-order chi connectivity index (χ1) is 14.3. The Bertz CT molecular complexity index is 1100. The minimum absolute atomic E-state index is 0.0717. The number of nitrogens with one attached hydrogen (secondary N) is 1. The van der Waals surface area contributed by atoms with Crippen LogP contribution in [-0.4, -0.2) is 48.0 Å². The topological polar surface area (TPSA) is 96.8 Å². The van der Waals surface area contributed by atoms with E-state index >= 15 is 0 Å².